The van der Waals surface area contributed by atoms with Gasteiger partial charge in [0.25, 0.3) is 0 Å². The molecule has 0 saturated heterocycles. The van der Waals surface area contributed by atoms with Crippen molar-refractivity contribution in [3.05, 3.63) is 312 Å². The van der Waals surface area contributed by atoms with Crippen LogP contribution >= 0.6 is 0 Å². The molecule has 1 atom stereocenters. The Morgan fingerprint density at radius 2 is 0.739 bits per heavy atom. The van der Waals surface area contributed by atoms with Gasteiger partial charge in [-0.2, -0.15) is 0 Å². The van der Waals surface area contributed by atoms with Crippen molar-refractivity contribution < 1.29 is 13.6 Å². The molecule has 0 N–H and O–H groups in total. The minimum absolute atomic E-state index is 0.0106. The Morgan fingerprint density at radius 1 is 0.330 bits per heavy atom. The van der Waals surface area contributed by atoms with E-state index in [0.717, 1.165) is 134 Å². The summed E-state index contributed by atoms with van der Waals surface area (Å²) in [6.45, 7) is 13.6. The predicted octanol–water partition coefficient (Wildman–Crippen LogP) is 23.5. The number of para-hydroxylation sites is 4. The molecule has 2 heterocycles. The zero-order valence-corrected chi connectivity index (χ0v) is 50.2. The molecule has 15 aromatic rings. The van der Waals surface area contributed by atoms with Gasteiger partial charge in [-0.05, 0) is 163 Å². The average Bonchev–Trinajstić information content (AvgIpc) is 1.50. The minimum Gasteiger partial charge on any atom is -0.457 e. The highest BCUT2D eigenvalue weighted by atomic mass is 16.5. The van der Waals surface area contributed by atoms with Gasteiger partial charge in [0.15, 0.2) is 5.58 Å². The van der Waals surface area contributed by atoms with Crippen molar-refractivity contribution in [2.24, 2.45) is 0 Å². The van der Waals surface area contributed by atoms with E-state index >= 15 is 0 Å². The maximum absolute atomic E-state index is 7.64. The van der Waals surface area contributed by atoms with Crippen molar-refractivity contribution in [2.45, 2.75) is 57.8 Å². The fourth-order valence-electron chi connectivity index (χ4n) is 13.9. The third kappa shape index (κ3) is 8.51. The zero-order chi connectivity index (χ0) is 59.5. The van der Waals surface area contributed by atoms with Crippen LogP contribution < -0.4 is 14.5 Å². The minimum atomic E-state index is -1.02. The second-order valence-electron chi connectivity index (χ2n) is 25.6. The van der Waals surface area contributed by atoms with Crippen LogP contribution in [0.3, 0.4) is 0 Å². The molecule has 0 amide bonds. The number of ether oxygens (including phenoxy) is 1. The van der Waals surface area contributed by atoms with E-state index in [1.54, 1.807) is 0 Å². The molecule has 0 aliphatic heterocycles. The molecule has 1 aliphatic rings. The van der Waals surface area contributed by atoms with Crippen LogP contribution in [0, 0.1) is 0 Å². The Labute approximate surface area is 512 Å². The standard InChI is InChI=1S/C83H64N2O3/c1-81(2,3)57-35-37-59(38-36-57)83(60-41-47-66(48-42-60)86-65-45-39-58(40-46-65)82(4,5)6)69-52-72(85(62-27-11-8-12-28-62)64-44-34-54-22-14-16-24-56(54)50-64)79-76(68-30-18-20-32-74(68)87-79)77(69)78-70(83)51-71(75-67-29-17-19-31-73(67)88-80(75)78)84(61-25-9-7-10-26-61)63-43-33-53-21-13-15-23-55(53)49-63/h7-52H,1-6H3. The molecule has 0 fully saturated rings. The molecule has 0 saturated carbocycles. The van der Waals surface area contributed by atoms with Crippen molar-refractivity contribution in [1.29, 1.82) is 0 Å². The third-order valence-electron chi connectivity index (χ3n) is 18.2. The first kappa shape index (κ1) is 52.9. The number of fused-ring (bicyclic) bond motifs is 13. The molecule has 0 bridgehead atoms. The van der Waals surface area contributed by atoms with Crippen LogP contribution in [0.1, 0.15) is 74.9 Å². The summed E-state index contributed by atoms with van der Waals surface area (Å²) in [5, 5.41) is 8.72. The maximum atomic E-state index is 7.64. The lowest BCUT2D eigenvalue weighted by molar-refractivity contribution is 0.481. The van der Waals surface area contributed by atoms with Crippen molar-refractivity contribution >= 4 is 99.5 Å². The van der Waals surface area contributed by atoms with E-state index in [1.807, 2.05) is 0 Å². The molecule has 88 heavy (non-hydrogen) atoms. The van der Waals surface area contributed by atoms with Crippen LogP contribution in [0.2, 0.25) is 0 Å². The lowest BCUT2D eigenvalue weighted by Crippen LogP contribution is -2.29. The lowest BCUT2D eigenvalue weighted by Gasteiger charge is -2.36. The maximum Gasteiger partial charge on any atom is 0.160 e. The number of benzene rings is 13. The van der Waals surface area contributed by atoms with Crippen molar-refractivity contribution in [3.63, 3.8) is 0 Å². The fraction of sp³-hybridized carbons (Fsp3) is 0.108. The number of hydrogen-bond acceptors (Lipinski definition) is 5. The molecule has 5 heteroatoms. The van der Waals surface area contributed by atoms with Crippen molar-refractivity contribution in [2.75, 3.05) is 9.80 Å². The summed E-state index contributed by atoms with van der Waals surface area (Å²) in [5.41, 5.74) is 17.0. The Morgan fingerprint density at radius 3 is 1.27 bits per heavy atom. The SMILES string of the molecule is CC(C)(C)c1ccc(Oc2ccc(C3(c4ccc(C(C)(C)C)cc4)c4cc(N(c5ccccc5)c5ccc6ccccc6c5)c5c(oc6ccccc65)c4-c4c3cc(N(c3ccccc3)c3ccc5ccccc5c3)c3oc5ccccc5c43)cc2)cc1. The Balaban J connectivity index is 1.08. The number of anilines is 6. The first-order valence-corrected chi connectivity index (χ1v) is 30.5. The van der Waals surface area contributed by atoms with Gasteiger partial charge in [0.2, 0.25) is 0 Å². The Hall–Kier alpha value is -10.6. The predicted molar refractivity (Wildman–Crippen MR) is 367 cm³/mol. The summed E-state index contributed by atoms with van der Waals surface area (Å²) in [7, 11) is 0. The van der Waals surface area contributed by atoms with E-state index in [-0.39, 0.29) is 10.8 Å². The van der Waals surface area contributed by atoms with Gasteiger partial charge in [0, 0.05) is 50.0 Å². The van der Waals surface area contributed by atoms with Crippen LogP contribution in [0.15, 0.2) is 288 Å². The molecule has 5 nitrogen and oxygen atoms in total. The van der Waals surface area contributed by atoms with Gasteiger partial charge in [-0.15, -0.1) is 0 Å². The van der Waals surface area contributed by atoms with Crippen molar-refractivity contribution in [3.8, 4) is 22.6 Å². The number of nitrogens with zero attached hydrogens (tertiary/aromatic N) is 2. The lowest BCUT2D eigenvalue weighted by atomic mass is 9.67. The number of hydrogen-bond donors (Lipinski definition) is 0. The van der Waals surface area contributed by atoms with Crippen molar-refractivity contribution in [1.82, 2.24) is 0 Å². The van der Waals surface area contributed by atoms with Crippen LogP contribution in [0.4, 0.5) is 34.1 Å². The fourth-order valence-corrected chi connectivity index (χ4v) is 13.9. The third-order valence-corrected chi connectivity index (χ3v) is 18.2. The molecule has 16 rings (SSSR count). The first-order valence-electron chi connectivity index (χ1n) is 30.5. The topological polar surface area (TPSA) is 42.0 Å². The van der Waals surface area contributed by atoms with Gasteiger partial charge in [-0.3, -0.25) is 0 Å². The largest absolute Gasteiger partial charge is 0.457 e. The highest BCUT2D eigenvalue weighted by Crippen LogP contribution is 2.65. The first-order chi connectivity index (χ1) is 42.9. The number of furan rings is 2. The quantitative estimate of drug-likeness (QED) is 0.137. The second kappa shape index (κ2) is 20.3. The van der Waals surface area contributed by atoms with Crippen LogP contribution in [-0.2, 0) is 16.2 Å². The summed E-state index contributed by atoms with van der Waals surface area (Å²) < 4.78 is 21.9. The van der Waals surface area contributed by atoms with E-state index in [0.29, 0.717) is 0 Å². The van der Waals surface area contributed by atoms with E-state index < -0.39 is 5.41 Å². The highest BCUT2D eigenvalue weighted by Gasteiger charge is 2.51. The molecule has 13 aromatic carbocycles. The summed E-state index contributed by atoms with van der Waals surface area (Å²) in [6.07, 6.45) is 0. The van der Waals surface area contributed by atoms with Gasteiger partial charge >= 0.3 is 0 Å². The van der Waals surface area contributed by atoms with E-state index in [4.69, 9.17) is 13.6 Å². The second-order valence-corrected chi connectivity index (χ2v) is 25.6. The van der Waals surface area contributed by atoms with Gasteiger partial charge in [-0.25, -0.2) is 0 Å². The highest BCUT2D eigenvalue weighted by molar-refractivity contribution is 6.26. The molecular formula is C83H64N2O3. The molecule has 0 spiro atoms. The van der Waals surface area contributed by atoms with E-state index in [2.05, 4.69) is 330 Å². The summed E-state index contributed by atoms with van der Waals surface area (Å²) >= 11 is 0. The average molecular weight is 1140 g/mol. The number of rotatable bonds is 10. The van der Waals surface area contributed by atoms with Gasteiger partial charge < -0.3 is 23.4 Å². The van der Waals surface area contributed by atoms with E-state index in [1.165, 1.54) is 21.9 Å². The summed E-state index contributed by atoms with van der Waals surface area (Å²) in [4.78, 5) is 4.84. The van der Waals surface area contributed by atoms with Gasteiger partial charge in [0.1, 0.15) is 28.2 Å². The van der Waals surface area contributed by atoms with Gasteiger partial charge in [0.05, 0.1) is 22.2 Å². The summed E-state index contributed by atoms with van der Waals surface area (Å²) in [5.74, 6) is 1.53. The smallest absolute Gasteiger partial charge is 0.160 e. The monoisotopic (exact) mass is 1140 g/mol. The molecule has 0 radical (unpaired) electrons. The molecule has 1 aliphatic carbocycles. The van der Waals surface area contributed by atoms with Crippen LogP contribution in [0.25, 0.3) is 76.5 Å². The molecular weight excluding hydrogens is 1070 g/mol. The normalized spacial score (nSPS) is 14.1. The zero-order valence-electron chi connectivity index (χ0n) is 50.2. The Bertz CT molecular complexity index is 5180. The molecule has 1 unspecified atom stereocenters. The molecule has 424 valence electrons. The molecule has 2 aromatic heterocycles. The van der Waals surface area contributed by atoms with Gasteiger partial charge in [-0.1, -0.05) is 224 Å². The Kier molecular flexibility index (Phi) is 12.2. The van der Waals surface area contributed by atoms with E-state index in [9.17, 15) is 0 Å². The summed E-state index contributed by atoms with van der Waals surface area (Å²) in [6, 6.07) is 101. The van der Waals surface area contributed by atoms with Crippen LogP contribution in [0.5, 0.6) is 11.5 Å². The van der Waals surface area contributed by atoms with Crippen LogP contribution in [-0.4, -0.2) is 0 Å².